The third kappa shape index (κ3) is 21.0. The van der Waals surface area contributed by atoms with Gasteiger partial charge in [0.1, 0.15) is 24.4 Å². The van der Waals surface area contributed by atoms with E-state index in [0.717, 1.165) is 36.1 Å². The van der Waals surface area contributed by atoms with E-state index in [9.17, 15) is 86.5 Å². The number of nitrogens with one attached hydrogen (secondary N) is 6. The Hall–Kier alpha value is -6.96. The van der Waals surface area contributed by atoms with Gasteiger partial charge in [-0.25, -0.2) is 35.9 Å². The van der Waals surface area contributed by atoms with E-state index in [1.807, 2.05) is 60.7 Å². The van der Waals surface area contributed by atoms with Gasteiger partial charge >= 0.3 is 11.9 Å². The van der Waals surface area contributed by atoms with Gasteiger partial charge in [0.2, 0.25) is 31.9 Å². The molecular weight excluding hydrogens is 1330 g/mol. The number of amides is 4. The fourth-order valence-electron chi connectivity index (χ4n) is 10.5. The summed E-state index contributed by atoms with van der Waals surface area (Å²) in [5.74, 6) is -8.99. The maximum Gasteiger partial charge on any atom is 0.364 e. The van der Waals surface area contributed by atoms with Crippen molar-refractivity contribution in [3.63, 3.8) is 0 Å². The predicted octanol–water partition coefficient (Wildman–Crippen LogP) is 1.03. The zero-order chi connectivity index (χ0) is 69.8. The lowest BCUT2D eigenvalue weighted by Crippen LogP contribution is -2.68. The van der Waals surface area contributed by atoms with E-state index < -0.39 is 154 Å². The van der Waals surface area contributed by atoms with Crippen molar-refractivity contribution in [1.29, 1.82) is 0 Å². The van der Waals surface area contributed by atoms with E-state index in [1.54, 1.807) is 24.3 Å². The van der Waals surface area contributed by atoms with Gasteiger partial charge in [-0.3, -0.25) is 19.2 Å². The van der Waals surface area contributed by atoms with Gasteiger partial charge in [-0.05, 0) is 95.1 Å². The Labute approximate surface area is 563 Å². The lowest BCUT2D eigenvalue weighted by Gasteiger charge is -2.46. The Kier molecular flexibility index (Phi) is 28.3. The molecule has 2 heterocycles. The Bertz CT molecular complexity index is 3390. The number of aliphatic hydroxyl groups excluding tert-OH is 6. The first kappa shape index (κ1) is 76.4. The zero-order valence-electron chi connectivity index (χ0n) is 52.3. The quantitative estimate of drug-likeness (QED) is 0.0249. The number of thioether (sulfide) groups is 2. The Morgan fingerprint density at radius 1 is 0.510 bits per heavy atom. The molecule has 7 rings (SSSR count). The maximum atomic E-state index is 13.2. The van der Waals surface area contributed by atoms with E-state index in [4.69, 9.17) is 18.9 Å². The minimum absolute atomic E-state index is 0.141. The molecule has 2 aliphatic heterocycles. The molecule has 0 aliphatic carbocycles. The van der Waals surface area contributed by atoms with Gasteiger partial charge in [0.05, 0.1) is 59.5 Å². The number of rotatable bonds is 36. The molecule has 0 bridgehead atoms. The van der Waals surface area contributed by atoms with Crippen LogP contribution in [0.1, 0.15) is 60.2 Å². The molecule has 522 valence electrons. The summed E-state index contributed by atoms with van der Waals surface area (Å²) in [6.45, 7) is 0.677. The van der Waals surface area contributed by atoms with E-state index in [-0.39, 0.29) is 60.1 Å². The number of aliphatic carboxylic acids is 2. The second-order valence-corrected chi connectivity index (χ2v) is 28.6. The first-order valence-electron chi connectivity index (χ1n) is 30.5. The van der Waals surface area contributed by atoms with E-state index in [2.05, 4.69) is 30.7 Å². The summed E-state index contributed by atoms with van der Waals surface area (Å²) in [5, 5.41) is 98.0. The summed E-state index contributed by atoms with van der Waals surface area (Å²) >= 11 is 2.79. The number of hydrogen-bond acceptors (Lipinski definition) is 22. The molecule has 0 spiro atoms. The van der Waals surface area contributed by atoms with Crippen molar-refractivity contribution in [1.82, 2.24) is 30.7 Å². The van der Waals surface area contributed by atoms with Gasteiger partial charge in [-0.1, -0.05) is 84.9 Å². The molecule has 14 N–H and O–H groups in total. The first-order valence-corrected chi connectivity index (χ1v) is 35.8. The maximum absolute atomic E-state index is 13.2. The van der Waals surface area contributed by atoms with E-state index >= 15 is 0 Å². The van der Waals surface area contributed by atoms with Gasteiger partial charge in [0.25, 0.3) is 23.4 Å². The third-order valence-electron chi connectivity index (χ3n) is 15.5. The number of aliphatic hydroxyl groups is 6. The number of carbonyl (C=O) groups excluding carboxylic acids is 4. The third-order valence-corrected chi connectivity index (χ3v) is 20.5. The van der Waals surface area contributed by atoms with Gasteiger partial charge in [0, 0.05) is 75.5 Å². The van der Waals surface area contributed by atoms with Crippen molar-refractivity contribution < 1.29 is 105 Å². The molecule has 0 saturated carbocycles. The average Bonchev–Trinajstić information content (AvgIpc) is 0.775. The second kappa shape index (κ2) is 35.5. The van der Waals surface area contributed by atoms with Gasteiger partial charge in [-0.2, -0.15) is 23.5 Å². The summed E-state index contributed by atoms with van der Waals surface area (Å²) < 4.78 is 80.1. The molecule has 28 nitrogen and oxygen atoms in total. The Balaban J connectivity index is 0.783. The van der Waals surface area contributed by atoms with Crippen LogP contribution in [0.15, 0.2) is 143 Å². The summed E-state index contributed by atoms with van der Waals surface area (Å²) in [6, 6.07) is 33.3. The number of carboxylic acid groups (broad SMARTS) is 2. The molecule has 32 heteroatoms. The highest BCUT2D eigenvalue weighted by atomic mass is 32.2. The number of carbonyl (C=O) groups is 6. The predicted molar refractivity (Wildman–Crippen MR) is 352 cm³/mol. The highest BCUT2D eigenvalue weighted by Gasteiger charge is 2.57. The van der Waals surface area contributed by atoms with Crippen LogP contribution in [0.4, 0.5) is 0 Å². The monoisotopic (exact) mass is 1410 g/mol. The molecule has 5 aromatic rings. The molecule has 2 fully saturated rings. The van der Waals surface area contributed by atoms with Crippen molar-refractivity contribution >= 4 is 79.1 Å². The number of ether oxygens (including phenoxy) is 4. The van der Waals surface area contributed by atoms with E-state index in [0.29, 0.717) is 23.0 Å². The highest BCUT2D eigenvalue weighted by molar-refractivity contribution is 7.99. The van der Waals surface area contributed by atoms with Crippen molar-refractivity contribution in [2.75, 3.05) is 62.4 Å². The largest absolute Gasteiger partial charge is 0.477 e. The molecule has 5 aromatic carbocycles. The van der Waals surface area contributed by atoms with Crippen LogP contribution in [0.25, 0.3) is 22.3 Å². The standard InChI is InChI=1S/C64H80N6O22S4/c1-39(71)69-53-49(73)35-63(61(81)82,91-57(53)55(77)51(75)37-67-95(85,86)47-23-19-43(20-24-47)41-11-5-3-6-12-41)89-29-9-31-93-33-27-65-59(79)45-15-17-46(18-16-45)60(80)66-28-34-94-32-10-30-90-64(62(83)84)36-50(74)54(70-40(2)72)58(92-64)56(78)52(76)38-68-96(87,88)48-25-21-44(22-26-48)42-13-7-4-8-14-42/h3-8,11-26,49-58,67-68,73-78H,9-10,27-38H2,1-2H3,(H,65,79)(H,66,80)(H,69,71)(H,70,72)(H,81,82)(H,83,84)/t49-,50-,51+,52+,53+,54+,55+,56+,57+,58+,63+,64+/m0/s1. The van der Waals surface area contributed by atoms with Crippen molar-refractivity contribution in [3.8, 4) is 22.3 Å². The van der Waals surface area contributed by atoms with Gasteiger partial charge in [-0.15, -0.1) is 0 Å². The fourth-order valence-corrected chi connectivity index (χ4v) is 14.1. The normalized spacial score (nSPS) is 22.5. The van der Waals surface area contributed by atoms with Crippen LogP contribution in [0.2, 0.25) is 0 Å². The Morgan fingerprint density at radius 2 is 0.844 bits per heavy atom. The molecule has 96 heavy (non-hydrogen) atoms. The number of hydrogen-bond donors (Lipinski definition) is 14. The Morgan fingerprint density at radius 3 is 1.17 bits per heavy atom. The van der Waals surface area contributed by atoms with Crippen molar-refractivity contribution in [2.24, 2.45) is 0 Å². The number of benzene rings is 5. The topological polar surface area (TPSA) is 442 Å². The zero-order valence-corrected chi connectivity index (χ0v) is 55.6. The number of sulfonamides is 2. The van der Waals surface area contributed by atoms with Crippen LogP contribution in [0.3, 0.4) is 0 Å². The summed E-state index contributed by atoms with van der Waals surface area (Å²) in [6.07, 6.45) is -15.8. The van der Waals surface area contributed by atoms with Crippen LogP contribution < -0.4 is 30.7 Å². The number of carboxylic acids is 2. The summed E-state index contributed by atoms with van der Waals surface area (Å²) in [4.78, 5) is 75.3. The van der Waals surface area contributed by atoms with Crippen LogP contribution >= 0.6 is 23.5 Å². The van der Waals surface area contributed by atoms with Crippen molar-refractivity contribution in [3.05, 3.63) is 145 Å². The van der Waals surface area contributed by atoms with Crippen LogP contribution in [-0.4, -0.2) is 228 Å². The lowest BCUT2D eigenvalue weighted by atomic mass is 9.88. The van der Waals surface area contributed by atoms with E-state index in [1.165, 1.54) is 72.1 Å². The molecule has 0 unspecified atom stereocenters. The smallest absolute Gasteiger partial charge is 0.364 e. The van der Waals surface area contributed by atoms with Gasteiger partial charge in [0.15, 0.2) is 0 Å². The fraction of sp³-hybridized carbons (Fsp3) is 0.438. The van der Waals surface area contributed by atoms with Crippen LogP contribution in [0, 0.1) is 0 Å². The van der Waals surface area contributed by atoms with Crippen LogP contribution in [-0.2, 0) is 58.2 Å². The minimum Gasteiger partial charge on any atom is -0.477 e. The molecule has 2 aliphatic rings. The highest BCUT2D eigenvalue weighted by Crippen LogP contribution is 2.36. The summed E-state index contributed by atoms with van der Waals surface area (Å²) in [7, 11) is -8.47. The molecule has 2 saturated heterocycles. The second-order valence-electron chi connectivity index (χ2n) is 22.6. The molecule has 0 aromatic heterocycles. The molecular formula is C64H80N6O22S4. The summed E-state index contributed by atoms with van der Waals surface area (Å²) in [5.41, 5.74) is 3.76. The first-order chi connectivity index (χ1) is 45.7. The SMILES string of the molecule is CC(=O)N[C@H]1[C@H]([C@H](O)[C@H](O)CNS(=O)(=O)c2ccc(-c3ccccc3)cc2)O[C@@](OCCCSCCNC(=O)c2ccc(C(=O)NCCSCCCO[C@]3(C(=O)O)C[C@H](O)[C@@H](NC(C)=O)[C@H]([C@H](O)[C@H](O)CNS(=O)(=O)c4ccc(-c5ccccc5)cc4)O3)cc2)(C(=O)O)C[C@@H]1O. The minimum atomic E-state index is -4.24. The molecule has 12 atom stereocenters. The molecule has 0 radical (unpaired) electrons. The average molecular weight is 1410 g/mol. The molecule has 4 amide bonds. The van der Waals surface area contributed by atoms with Crippen LogP contribution in [0.5, 0.6) is 0 Å². The van der Waals surface area contributed by atoms with Gasteiger partial charge < -0.3 is 81.1 Å². The van der Waals surface area contributed by atoms with Crippen molar-refractivity contribution in [2.45, 2.75) is 122 Å². The lowest BCUT2D eigenvalue weighted by molar-refractivity contribution is -0.310.